The number of para-hydroxylation sites is 1. The van der Waals surface area contributed by atoms with Crippen LogP contribution in [0, 0.1) is 10.1 Å². The fourth-order valence-electron chi connectivity index (χ4n) is 1.94. The number of nitrogens with zero attached hydrogens (tertiary/aromatic N) is 2. The highest BCUT2D eigenvalue weighted by Gasteiger charge is 2.18. The largest absolute Gasteiger partial charge is 0.495 e. The number of nitro groups is 1. The molecule has 0 heterocycles. The third-order valence-electron chi connectivity index (χ3n) is 2.96. The number of methoxy groups -OCH3 is 1. The Morgan fingerprint density at radius 1 is 1.33 bits per heavy atom. The van der Waals surface area contributed by atoms with Crippen molar-refractivity contribution in [2.24, 2.45) is 5.10 Å². The van der Waals surface area contributed by atoms with Crippen molar-refractivity contribution in [2.75, 3.05) is 7.11 Å². The zero-order valence-electron chi connectivity index (χ0n) is 12.3. The molecular weight excluding hydrogens is 357 g/mol. The number of hydrogen-bond donors (Lipinski definition) is 1. The summed E-state index contributed by atoms with van der Waals surface area (Å²) < 4.78 is 5.14. The molecule has 1 amide bonds. The average Bonchev–Trinajstić information content (AvgIpc) is 2.54. The minimum Gasteiger partial charge on any atom is -0.495 e. The molecule has 2 rings (SSSR count). The number of hydrazone groups is 1. The van der Waals surface area contributed by atoms with Crippen molar-refractivity contribution < 1.29 is 14.5 Å². The number of amides is 1. The maximum Gasteiger partial charge on any atom is 0.282 e. The van der Waals surface area contributed by atoms with Gasteiger partial charge in [0, 0.05) is 16.7 Å². The summed E-state index contributed by atoms with van der Waals surface area (Å²) in [5, 5.41) is 15.3. The van der Waals surface area contributed by atoms with Gasteiger partial charge in [-0.15, -0.1) is 0 Å². The van der Waals surface area contributed by atoms with Gasteiger partial charge in [-0.05, 0) is 18.2 Å². The van der Waals surface area contributed by atoms with Crippen molar-refractivity contribution in [1.82, 2.24) is 5.43 Å². The zero-order valence-corrected chi connectivity index (χ0v) is 13.8. The lowest BCUT2D eigenvalue weighted by Crippen LogP contribution is -2.19. The molecule has 0 saturated carbocycles. The number of benzene rings is 2. The predicted octanol–water partition coefficient (Wildman–Crippen LogP) is 3.67. The summed E-state index contributed by atoms with van der Waals surface area (Å²) in [6, 6.07) is 8.61. The standard InChI is InChI=1S/C15H11Cl2N3O4/c1-24-14-9(6-10(16)7-12(14)17)8-18-19-15(21)11-4-2-3-5-13(11)20(22)23/h2-8H,1H3,(H,19,21)/b18-8+. The van der Waals surface area contributed by atoms with Gasteiger partial charge in [0.1, 0.15) is 11.3 Å². The second kappa shape index (κ2) is 7.76. The van der Waals surface area contributed by atoms with E-state index >= 15 is 0 Å². The van der Waals surface area contributed by atoms with Crippen LogP contribution in [-0.2, 0) is 0 Å². The molecule has 0 atom stereocenters. The minimum atomic E-state index is -0.717. The van der Waals surface area contributed by atoms with Crippen molar-refractivity contribution in [3.8, 4) is 5.75 Å². The van der Waals surface area contributed by atoms with Crippen molar-refractivity contribution in [1.29, 1.82) is 0 Å². The molecule has 0 aliphatic carbocycles. The van der Waals surface area contributed by atoms with Crippen LogP contribution in [0.15, 0.2) is 41.5 Å². The van der Waals surface area contributed by atoms with Gasteiger partial charge in [-0.1, -0.05) is 35.3 Å². The smallest absolute Gasteiger partial charge is 0.282 e. The highest BCUT2D eigenvalue weighted by Crippen LogP contribution is 2.31. The van der Waals surface area contributed by atoms with Gasteiger partial charge in [0.15, 0.2) is 0 Å². The summed E-state index contributed by atoms with van der Waals surface area (Å²) in [6.45, 7) is 0. The van der Waals surface area contributed by atoms with E-state index in [-0.39, 0.29) is 16.3 Å². The first-order valence-corrected chi connectivity index (χ1v) is 7.29. The molecule has 2 aromatic carbocycles. The van der Waals surface area contributed by atoms with Gasteiger partial charge in [-0.25, -0.2) is 5.43 Å². The number of halogens is 2. The molecule has 24 heavy (non-hydrogen) atoms. The predicted molar refractivity (Wildman–Crippen MR) is 91.2 cm³/mol. The van der Waals surface area contributed by atoms with E-state index in [2.05, 4.69) is 10.5 Å². The summed E-state index contributed by atoms with van der Waals surface area (Å²) in [4.78, 5) is 22.3. The maximum absolute atomic E-state index is 12.0. The lowest BCUT2D eigenvalue weighted by molar-refractivity contribution is -0.385. The Morgan fingerprint density at radius 2 is 2.04 bits per heavy atom. The number of carbonyl (C=O) groups excluding carboxylic acids is 1. The van der Waals surface area contributed by atoms with Crippen molar-refractivity contribution >= 4 is 41.0 Å². The first kappa shape index (κ1) is 17.7. The maximum atomic E-state index is 12.0. The molecule has 2 aromatic rings. The molecule has 1 N–H and O–H groups in total. The molecule has 0 unspecified atom stereocenters. The Morgan fingerprint density at radius 3 is 2.71 bits per heavy atom. The molecule has 7 nitrogen and oxygen atoms in total. The first-order chi connectivity index (χ1) is 11.4. The summed E-state index contributed by atoms with van der Waals surface area (Å²) in [6.07, 6.45) is 1.28. The Labute approximate surface area is 147 Å². The number of carbonyl (C=O) groups is 1. The SMILES string of the molecule is COc1c(Cl)cc(Cl)cc1/C=N/NC(=O)c1ccccc1[N+](=O)[O-]. The van der Waals surface area contributed by atoms with Crippen LogP contribution in [0.3, 0.4) is 0 Å². The third-order valence-corrected chi connectivity index (χ3v) is 3.46. The Hall–Kier alpha value is -2.64. The van der Waals surface area contributed by atoms with Gasteiger partial charge >= 0.3 is 0 Å². The molecule has 0 bridgehead atoms. The first-order valence-electron chi connectivity index (χ1n) is 6.54. The summed E-state index contributed by atoms with van der Waals surface area (Å²) in [5.41, 5.74) is 2.25. The minimum absolute atomic E-state index is 0.101. The number of nitrogens with one attached hydrogen (secondary N) is 1. The molecule has 0 fully saturated rings. The number of ether oxygens (including phenoxy) is 1. The molecule has 9 heteroatoms. The van der Waals surface area contributed by atoms with Gasteiger partial charge in [0.2, 0.25) is 0 Å². The van der Waals surface area contributed by atoms with Gasteiger partial charge in [-0.3, -0.25) is 14.9 Å². The summed E-state index contributed by atoms with van der Waals surface area (Å²) >= 11 is 11.9. The van der Waals surface area contributed by atoms with Crippen LogP contribution >= 0.6 is 23.2 Å². The average molecular weight is 368 g/mol. The molecule has 0 aliphatic rings. The van der Waals surface area contributed by atoms with E-state index < -0.39 is 10.8 Å². The van der Waals surface area contributed by atoms with Crippen molar-refractivity contribution in [2.45, 2.75) is 0 Å². The van der Waals surface area contributed by atoms with E-state index in [1.807, 2.05) is 0 Å². The van der Waals surface area contributed by atoms with Crippen LogP contribution in [0.4, 0.5) is 5.69 Å². The van der Waals surface area contributed by atoms with E-state index in [0.717, 1.165) is 0 Å². The van der Waals surface area contributed by atoms with Crippen molar-refractivity contribution in [3.63, 3.8) is 0 Å². The topological polar surface area (TPSA) is 93.8 Å². The lowest BCUT2D eigenvalue weighted by Gasteiger charge is -2.07. The van der Waals surface area contributed by atoms with E-state index in [1.165, 1.54) is 43.7 Å². The highest BCUT2D eigenvalue weighted by molar-refractivity contribution is 6.36. The molecule has 124 valence electrons. The van der Waals surface area contributed by atoms with Gasteiger partial charge in [0.05, 0.1) is 23.3 Å². The Kier molecular flexibility index (Phi) is 5.73. The number of rotatable bonds is 5. The van der Waals surface area contributed by atoms with Crippen LogP contribution in [0.1, 0.15) is 15.9 Å². The fourth-order valence-corrected chi connectivity index (χ4v) is 2.52. The quantitative estimate of drug-likeness (QED) is 0.495. The van der Waals surface area contributed by atoms with E-state index in [9.17, 15) is 14.9 Å². The van der Waals surface area contributed by atoms with Gasteiger partial charge in [-0.2, -0.15) is 5.10 Å². The lowest BCUT2D eigenvalue weighted by atomic mass is 10.2. The van der Waals surface area contributed by atoms with Crippen LogP contribution in [0.2, 0.25) is 10.0 Å². The normalized spacial score (nSPS) is 10.6. The van der Waals surface area contributed by atoms with E-state index in [1.54, 1.807) is 6.07 Å². The van der Waals surface area contributed by atoms with Crippen LogP contribution in [0.5, 0.6) is 5.75 Å². The highest BCUT2D eigenvalue weighted by atomic mass is 35.5. The molecule has 0 spiro atoms. The number of hydrogen-bond acceptors (Lipinski definition) is 5. The Bertz CT molecular complexity index is 824. The van der Waals surface area contributed by atoms with Crippen LogP contribution in [0.25, 0.3) is 0 Å². The monoisotopic (exact) mass is 367 g/mol. The fraction of sp³-hybridized carbons (Fsp3) is 0.0667. The van der Waals surface area contributed by atoms with Crippen molar-refractivity contribution in [3.05, 3.63) is 67.7 Å². The second-order valence-electron chi connectivity index (χ2n) is 4.48. The van der Waals surface area contributed by atoms with E-state index in [4.69, 9.17) is 27.9 Å². The summed E-state index contributed by atoms with van der Waals surface area (Å²) in [5.74, 6) is -0.379. The second-order valence-corrected chi connectivity index (χ2v) is 5.33. The van der Waals surface area contributed by atoms with Crippen LogP contribution in [-0.4, -0.2) is 24.2 Å². The molecule has 0 radical (unpaired) electrons. The van der Waals surface area contributed by atoms with E-state index in [0.29, 0.717) is 16.3 Å². The molecule has 0 aromatic heterocycles. The molecule has 0 aliphatic heterocycles. The van der Waals surface area contributed by atoms with Gasteiger partial charge in [0.25, 0.3) is 11.6 Å². The van der Waals surface area contributed by atoms with Gasteiger partial charge < -0.3 is 4.74 Å². The van der Waals surface area contributed by atoms with Crippen LogP contribution < -0.4 is 10.2 Å². The summed E-state index contributed by atoms with van der Waals surface area (Å²) in [7, 11) is 1.43. The molecule has 0 saturated heterocycles. The number of nitro benzene ring substituents is 1. The zero-order chi connectivity index (χ0) is 17.7. The third kappa shape index (κ3) is 4.01. The molecular formula is C15H11Cl2N3O4. The Balaban J connectivity index is 2.21.